The van der Waals surface area contributed by atoms with Gasteiger partial charge in [0.1, 0.15) is 12.3 Å². The Balaban J connectivity index is 1.86. The molecule has 0 fully saturated rings. The van der Waals surface area contributed by atoms with Crippen LogP contribution in [-0.4, -0.2) is 33.2 Å². The summed E-state index contributed by atoms with van der Waals surface area (Å²) in [5, 5.41) is 4.18. The molecule has 0 bridgehead atoms. The van der Waals surface area contributed by atoms with Crippen LogP contribution >= 0.6 is 0 Å². The lowest BCUT2D eigenvalue weighted by Crippen LogP contribution is -2.40. The monoisotopic (exact) mass is 493 g/mol. The quantitative estimate of drug-likeness (QED) is 0.328. The van der Waals surface area contributed by atoms with Crippen LogP contribution in [0.3, 0.4) is 0 Å². The maximum absolute atomic E-state index is 13.6. The van der Waals surface area contributed by atoms with Crippen LogP contribution in [0.15, 0.2) is 82.8 Å². The molecule has 0 saturated heterocycles. The van der Waals surface area contributed by atoms with Crippen LogP contribution in [0.2, 0.25) is 0 Å². The molecular weight excluding hydrogens is 462 g/mol. The Morgan fingerprint density at radius 3 is 2.26 bits per heavy atom. The fraction of sp³-hybridized carbons (Fsp3) is 0.259. The van der Waals surface area contributed by atoms with Crippen molar-refractivity contribution in [2.75, 3.05) is 17.5 Å². The molecule has 0 aliphatic carbocycles. The van der Waals surface area contributed by atoms with Crippen LogP contribution in [0, 0.1) is 6.92 Å². The summed E-state index contributed by atoms with van der Waals surface area (Å²) < 4.78 is 33.8. The van der Waals surface area contributed by atoms with Crippen LogP contribution < -0.4 is 14.5 Å². The number of rotatable bonds is 10. The number of carbonyl (C=O) groups is 1. The van der Waals surface area contributed by atoms with Gasteiger partial charge in [0.15, 0.2) is 0 Å². The van der Waals surface area contributed by atoms with Gasteiger partial charge in [-0.25, -0.2) is 13.8 Å². The third kappa shape index (κ3) is 6.48. The zero-order valence-corrected chi connectivity index (χ0v) is 21.3. The Bertz CT molecular complexity index is 1280. The SMILES string of the molecule is CCOc1ccc(/C(C)=N\NC(=O)CN(c2ccccc2CC)S(=O)(=O)c2ccc(C)cc2)cc1. The number of para-hydroxylation sites is 1. The van der Waals surface area contributed by atoms with Crippen LogP contribution in [-0.2, 0) is 21.2 Å². The summed E-state index contributed by atoms with van der Waals surface area (Å²) in [6.45, 7) is 7.68. The number of nitrogens with one attached hydrogen (secondary N) is 1. The van der Waals surface area contributed by atoms with Crippen molar-refractivity contribution < 1.29 is 17.9 Å². The molecule has 0 atom stereocenters. The number of hydrogen-bond donors (Lipinski definition) is 1. The van der Waals surface area contributed by atoms with E-state index < -0.39 is 22.5 Å². The van der Waals surface area contributed by atoms with Crippen LogP contribution in [0.25, 0.3) is 0 Å². The Labute approximate surface area is 207 Å². The largest absolute Gasteiger partial charge is 0.494 e. The third-order valence-corrected chi connectivity index (χ3v) is 7.24. The van der Waals surface area contributed by atoms with E-state index in [1.807, 2.05) is 57.2 Å². The second kappa shape index (κ2) is 11.7. The summed E-state index contributed by atoms with van der Waals surface area (Å²) in [4.78, 5) is 13.0. The van der Waals surface area contributed by atoms with Gasteiger partial charge >= 0.3 is 0 Å². The molecule has 3 rings (SSSR count). The van der Waals surface area contributed by atoms with Crippen LogP contribution in [0.4, 0.5) is 5.69 Å². The van der Waals surface area contributed by atoms with Gasteiger partial charge in [0.2, 0.25) is 0 Å². The van der Waals surface area contributed by atoms with Crippen molar-refractivity contribution >= 4 is 27.3 Å². The highest BCUT2D eigenvalue weighted by molar-refractivity contribution is 7.92. The van der Waals surface area contributed by atoms with Crippen molar-refractivity contribution in [1.82, 2.24) is 5.43 Å². The smallest absolute Gasteiger partial charge is 0.264 e. The Morgan fingerprint density at radius 1 is 0.971 bits per heavy atom. The molecule has 0 unspecified atom stereocenters. The molecular formula is C27H31N3O4S. The van der Waals surface area contributed by atoms with E-state index in [0.29, 0.717) is 24.4 Å². The van der Waals surface area contributed by atoms with Crippen molar-refractivity contribution in [3.05, 3.63) is 89.5 Å². The van der Waals surface area contributed by atoms with E-state index in [2.05, 4.69) is 10.5 Å². The highest BCUT2D eigenvalue weighted by atomic mass is 32.2. The first kappa shape index (κ1) is 26.0. The van der Waals surface area contributed by atoms with Gasteiger partial charge in [-0.2, -0.15) is 5.10 Å². The first-order valence-corrected chi connectivity index (χ1v) is 12.9. The lowest BCUT2D eigenvalue weighted by atomic mass is 10.1. The minimum absolute atomic E-state index is 0.121. The minimum Gasteiger partial charge on any atom is -0.494 e. The number of amides is 1. The number of ether oxygens (including phenoxy) is 1. The summed E-state index contributed by atoms with van der Waals surface area (Å²) in [6, 6.07) is 21.1. The molecule has 1 amide bonds. The lowest BCUT2D eigenvalue weighted by molar-refractivity contribution is -0.119. The number of hydrogen-bond acceptors (Lipinski definition) is 5. The molecule has 184 valence electrons. The highest BCUT2D eigenvalue weighted by Crippen LogP contribution is 2.27. The number of sulfonamides is 1. The van der Waals surface area contributed by atoms with Crippen molar-refractivity contribution in [3.63, 3.8) is 0 Å². The summed E-state index contributed by atoms with van der Waals surface area (Å²) in [6.07, 6.45) is 0.618. The van der Waals surface area contributed by atoms with Gasteiger partial charge in [-0.1, -0.05) is 42.8 Å². The number of benzene rings is 3. The van der Waals surface area contributed by atoms with E-state index in [9.17, 15) is 13.2 Å². The van der Waals surface area contributed by atoms with E-state index in [-0.39, 0.29) is 4.90 Å². The normalized spacial score (nSPS) is 11.7. The zero-order valence-electron chi connectivity index (χ0n) is 20.5. The summed E-state index contributed by atoms with van der Waals surface area (Å²) in [5.41, 5.74) is 6.14. The Morgan fingerprint density at radius 2 is 1.63 bits per heavy atom. The van der Waals surface area contributed by atoms with Crippen LogP contribution in [0.5, 0.6) is 5.75 Å². The predicted molar refractivity (Wildman–Crippen MR) is 139 cm³/mol. The van der Waals surface area contributed by atoms with E-state index >= 15 is 0 Å². The van der Waals surface area contributed by atoms with E-state index in [1.165, 1.54) is 0 Å². The Kier molecular flexibility index (Phi) is 8.65. The molecule has 0 aliphatic heterocycles. The molecule has 35 heavy (non-hydrogen) atoms. The number of carbonyl (C=O) groups excluding carboxylic acids is 1. The lowest BCUT2D eigenvalue weighted by Gasteiger charge is -2.26. The molecule has 0 aromatic heterocycles. The standard InChI is InChI=1S/C27H31N3O4S/c1-5-22-9-7-8-10-26(22)30(35(32,33)25-17-11-20(3)12-18-25)19-27(31)29-28-21(4)23-13-15-24(16-14-23)34-6-2/h7-18H,5-6,19H2,1-4H3,(H,29,31)/b28-21-. The number of aryl methyl sites for hydroxylation is 2. The maximum atomic E-state index is 13.6. The summed E-state index contributed by atoms with van der Waals surface area (Å²) >= 11 is 0. The molecule has 0 spiro atoms. The molecule has 7 nitrogen and oxygen atoms in total. The average Bonchev–Trinajstić information content (AvgIpc) is 2.86. The van der Waals surface area contributed by atoms with E-state index in [0.717, 1.165) is 26.7 Å². The van der Waals surface area contributed by atoms with Gasteiger partial charge in [0, 0.05) is 0 Å². The number of nitrogens with zero attached hydrogens (tertiary/aromatic N) is 2. The molecule has 0 heterocycles. The van der Waals surface area contributed by atoms with Crippen molar-refractivity contribution in [3.8, 4) is 5.75 Å². The number of hydrazone groups is 1. The molecule has 8 heteroatoms. The summed E-state index contributed by atoms with van der Waals surface area (Å²) in [5.74, 6) is 0.205. The van der Waals surface area contributed by atoms with E-state index in [4.69, 9.17) is 4.74 Å². The minimum atomic E-state index is -3.99. The fourth-order valence-corrected chi connectivity index (χ4v) is 4.98. The first-order chi connectivity index (χ1) is 16.8. The van der Waals surface area contributed by atoms with Crippen molar-refractivity contribution in [2.24, 2.45) is 5.10 Å². The number of anilines is 1. The molecule has 0 aliphatic rings. The second-order valence-corrected chi connectivity index (χ2v) is 9.86. The highest BCUT2D eigenvalue weighted by Gasteiger charge is 2.28. The molecule has 1 N–H and O–H groups in total. The average molecular weight is 494 g/mol. The Hall–Kier alpha value is -3.65. The van der Waals surface area contributed by atoms with Gasteiger partial charge < -0.3 is 4.74 Å². The fourth-order valence-electron chi connectivity index (χ4n) is 3.53. The predicted octanol–water partition coefficient (Wildman–Crippen LogP) is 4.69. The molecule has 3 aromatic carbocycles. The first-order valence-electron chi connectivity index (χ1n) is 11.5. The van der Waals surface area contributed by atoms with Crippen molar-refractivity contribution in [2.45, 2.75) is 39.0 Å². The van der Waals surface area contributed by atoms with Crippen molar-refractivity contribution in [1.29, 1.82) is 0 Å². The second-order valence-electron chi connectivity index (χ2n) is 8.00. The van der Waals surface area contributed by atoms with Crippen LogP contribution in [0.1, 0.15) is 37.5 Å². The topological polar surface area (TPSA) is 88.1 Å². The molecule has 0 radical (unpaired) electrons. The zero-order chi connectivity index (χ0) is 25.4. The van der Waals surface area contributed by atoms with Gasteiger partial charge in [-0.15, -0.1) is 0 Å². The molecule has 3 aromatic rings. The summed E-state index contributed by atoms with van der Waals surface area (Å²) in [7, 11) is -3.99. The van der Waals surface area contributed by atoms with Gasteiger partial charge in [0.25, 0.3) is 15.9 Å². The van der Waals surface area contributed by atoms with E-state index in [1.54, 1.807) is 43.3 Å². The maximum Gasteiger partial charge on any atom is 0.264 e. The van der Waals surface area contributed by atoms with Gasteiger partial charge in [-0.3, -0.25) is 9.10 Å². The molecule has 0 saturated carbocycles. The third-order valence-electron chi connectivity index (χ3n) is 5.47. The van der Waals surface area contributed by atoms with Gasteiger partial charge in [0.05, 0.1) is 22.9 Å². The van der Waals surface area contributed by atoms with Gasteiger partial charge in [-0.05, 0) is 80.8 Å².